The van der Waals surface area contributed by atoms with Gasteiger partial charge in [-0.3, -0.25) is 0 Å². The van der Waals surface area contributed by atoms with Crippen molar-refractivity contribution >= 4 is 17.0 Å². The molecule has 0 fully saturated rings. The van der Waals surface area contributed by atoms with E-state index in [1.54, 1.807) is 19.2 Å². The summed E-state index contributed by atoms with van der Waals surface area (Å²) in [6.07, 6.45) is 1.77. The van der Waals surface area contributed by atoms with Gasteiger partial charge in [0, 0.05) is 13.5 Å². The Morgan fingerprint density at radius 2 is 2.14 bits per heavy atom. The number of carboxylic acid groups (broad SMARTS) is 1. The van der Waals surface area contributed by atoms with Gasteiger partial charge in [0.2, 0.25) is 0 Å². The number of hydrogen-bond donors (Lipinski definition) is 1. The SMILES string of the molecule is CCCc1nc2c(C(=O)O)cccc2n1CC(C)(C)OC. The topological polar surface area (TPSA) is 64.3 Å². The molecule has 0 saturated carbocycles. The molecule has 2 rings (SSSR count). The molecule has 5 heteroatoms. The number of rotatable bonds is 6. The van der Waals surface area contributed by atoms with E-state index in [1.165, 1.54) is 0 Å². The third-order valence-corrected chi connectivity index (χ3v) is 3.65. The normalized spacial score (nSPS) is 12.0. The summed E-state index contributed by atoms with van der Waals surface area (Å²) in [7, 11) is 1.68. The van der Waals surface area contributed by atoms with Gasteiger partial charge in [0.1, 0.15) is 11.3 Å². The summed E-state index contributed by atoms with van der Waals surface area (Å²) in [6.45, 7) is 6.74. The molecule has 0 aliphatic heterocycles. The van der Waals surface area contributed by atoms with Crippen LogP contribution >= 0.6 is 0 Å². The highest BCUT2D eigenvalue weighted by molar-refractivity contribution is 6.01. The molecule has 1 aromatic carbocycles. The van der Waals surface area contributed by atoms with Gasteiger partial charge in [-0.2, -0.15) is 0 Å². The Morgan fingerprint density at radius 3 is 2.71 bits per heavy atom. The summed E-state index contributed by atoms with van der Waals surface area (Å²) in [5.41, 5.74) is 1.32. The molecule has 0 amide bonds. The third kappa shape index (κ3) is 3.08. The van der Waals surface area contributed by atoms with Crippen LogP contribution in [0.25, 0.3) is 11.0 Å². The molecule has 0 bridgehead atoms. The van der Waals surface area contributed by atoms with Crippen LogP contribution in [-0.4, -0.2) is 33.3 Å². The summed E-state index contributed by atoms with van der Waals surface area (Å²) in [5, 5.41) is 9.32. The molecular weight excluding hydrogens is 268 g/mol. The summed E-state index contributed by atoms with van der Waals surface area (Å²) in [6, 6.07) is 5.28. The molecule has 0 unspecified atom stereocenters. The molecule has 0 radical (unpaired) electrons. The van der Waals surface area contributed by atoms with E-state index in [4.69, 9.17) is 4.74 Å². The Morgan fingerprint density at radius 1 is 1.43 bits per heavy atom. The van der Waals surface area contributed by atoms with Crippen molar-refractivity contribution in [3.05, 3.63) is 29.6 Å². The lowest BCUT2D eigenvalue weighted by atomic mass is 10.1. The molecule has 1 heterocycles. The van der Waals surface area contributed by atoms with Crippen LogP contribution in [0.4, 0.5) is 0 Å². The number of fused-ring (bicyclic) bond motifs is 1. The van der Waals surface area contributed by atoms with Crippen molar-refractivity contribution in [2.45, 2.75) is 45.8 Å². The molecule has 0 atom stereocenters. The van der Waals surface area contributed by atoms with Crippen molar-refractivity contribution in [1.29, 1.82) is 0 Å². The number of imidazole rings is 1. The summed E-state index contributed by atoms with van der Waals surface area (Å²) >= 11 is 0. The number of carboxylic acids is 1. The zero-order valence-corrected chi connectivity index (χ0v) is 13.0. The lowest BCUT2D eigenvalue weighted by molar-refractivity contribution is 0.00842. The van der Waals surface area contributed by atoms with Crippen LogP contribution in [0.5, 0.6) is 0 Å². The Labute approximate surface area is 124 Å². The fourth-order valence-corrected chi connectivity index (χ4v) is 2.40. The molecule has 1 N–H and O–H groups in total. The Kier molecular flexibility index (Phi) is 4.32. The number of aromatic carboxylic acids is 1. The number of methoxy groups -OCH3 is 1. The zero-order chi connectivity index (χ0) is 15.6. The predicted octanol–water partition coefficient (Wildman–Crippen LogP) is 3.11. The van der Waals surface area contributed by atoms with Crippen LogP contribution in [0.2, 0.25) is 0 Å². The van der Waals surface area contributed by atoms with Crippen LogP contribution in [0.1, 0.15) is 43.4 Å². The van der Waals surface area contributed by atoms with Gasteiger partial charge in [-0.25, -0.2) is 9.78 Å². The Bertz CT molecular complexity index is 659. The molecule has 0 saturated heterocycles. The maximum Gasteiger partial charge on any atom is 0.337 e. The second-order valence-electron chi connectivity index (χ2n) is 5.81. The smallest absolute Gasteiger partial charge is 0.337 e. The molecule has 21 heavy (non-hydrogen) atoms. The highest BCUT2D eigenvalue weighted by Crippen LogP contribution is 2.24. The van der Waals surface area contributed by atoms with Gasteiger partial charge in [0.15, 0.2) is 0 Å². The number of hydrogen-bond acceptors (Lipinski definition) is 3. The first kappa shape index (κ1) is 15.5. The molecule has 1 aromatic heterocycles. The maximum atomic E-state index is 11.4. The van der Waals surface area contributed by atoms with Crippen molar-refractivity contribution in [2.75, 3.05) is 7.11 Å². The Hall–Kier alpha value is -1.88. The fraction of sp³-hybridized carbons (Fsp3) is 0.500. The molecule has 2 aromatic rings. The van der Waals surface area contributed by atoms with E-state index in [1.807, 2.05) is 19.9 Å². The highest BCUT2D eigenvalue weighted by atomic mass is 16.5. The quantitative estimate of drug-likeness (QED) is 0.887. The van der Waals surface area contributed by atoms with Gasteiger partial charge < -0.3 is 14.4 Å². The van der Waals surface area contributed by atoms with E-state index >= 15 is 0 Å². The minimum Gasteiger partial charge on any atom is -0.478 e. The molecule has 0 spiro atoms. The summed E-state index contributed by atoms with van der Waals surface area (Å²) in [4.78, 5) is 15.9. The lowest BCUT2D eigenvalue weighted by Gasteiger charge is -2.25. The van der Waals surface area contributed by atoms with Crippen LogP contribution in [0, 0.1) is 0 Å². The van der Waals surface area contributed by atoms with Crippen molar-refractivity contribution < 1.29 is 14.6 Å². The average molecular weight is 290 g/mol. The second-order valence-corrected chi connectivity index (χ2v) is 5.81. The number of nitrogens with zero attached hydrogens (tertiary/aromatic N) is 2. The van der Waals surface area contributed by atoms with Gasteiger partial charge in [0.05, 0.1) is 23.2 Å². The lowest BCUT2D eigenvalue weighted by Crippen LogP contribution is -2.29. The third-order valence-electron chi connectivity index (χ3n) is 3.65. The largest absolute Gasteiger partial charge is 0.478 e. The van der Waals surface area contributed by atoms with Crippen molar-refractivity contribution in [3.8, 4) is 0 Å². The van der Waals surface area contributed by atoms with Gasteiger partial charge in [0.25, 0.3) is 0 Å². The molecule has 0 aliphatic rings. The summed E-state index contributed by atoms with van der Waals surface area (Å²) in [5.74, 6) is -0.0365. The minimum absolute atomic E-state index is 0.249. The highest BCUT2D eigenvalue weighted by Gasteiger charge is 2.23. The maximum absolute atomic E-state index is 11.4. The van der Waals surface area contributed by atoms with Gasteiger partial charge in [-0.05, 0) is 32.4 Å². The first-order chi connectivity index (χ1) is 9.89. The Balaban J connectivity index is 2.63. The number of para-hydroxylation sites is 1. The number of ether oxygens (including phenoxy) is 1. The first-order valence-electron chi connectivity index (χ1n) is 7.16. The van der Waals surface area contributed by atoms with Crippen molar-refractivity contribution in [2.24, 2.45) is 0 Å². The number of carbonyl (C=O) groups is 1. The minimum atomic E-state index is -0.945. The van der Waals surface area contributed by atoms with Crippen LogP contribution in [0.3, 0.4) is 0 Å². The van der Waals surface area contributed by atoms with E-state index in [0.29, 0.717) is 12.1 Å². The average Bonchev–Trinajstić information content (AvgIpc) is 2.76. The van der Waals surface area contributed by atoms with E-state index in [0.717, 1.165) is 24.2 Å². The van der Waals surface area contributed by atoms with E-state index < -0.39 is 5.97 Å². The van der Waals surface area contributed by atoms with Gasteiger partial charge in [-0.15, -0.1) is 0 Å². The van der Waals surface area contributed by atoms with Crippen molar-refractivity contribution in [1.82, 2.24) is 9.55 Å². The second kappa shape index (κ2) is 5.85. The zero-order valence-electron chi connectivity index (χ0n) is 13.0. The predicted molar refractivity (Wildman–Crippen MR) is 81.8 cm³/mol. The molecule has 5 nitrogen and oxygen atoms in total. The molecular formula is C16H22N2O3. The van der Waals surface area contributed by atoms with E-state index in [-0.39, 0.29) is 11.2 Å². The monoisotopic (exact) mass is 290 g/mol. The standard InChI is InChI=1S/C16H22N2O3/c1-5-7-13-17-14-11(15(19)20)8-6-9-12(14)18(13)10-16(2,3)21-4/h6,8-9H,5,7,10H2,1-4H3,(H,19,20). The summed E-state index contributed by atoms with van der Waals surface area (Å²) < 4.78 is 7.58. The number of aromatic nitrogens is 2. The van der Waals surface area contributed by atoms with Crippen LogP contribution in [-0.2, 0) is 17.7 Å². The molecule has 0 aliphatic carbocycles. The molecule has 114 valence electrons. The number of aryl methyl sites for hydroxylation is 1. The van der Waals surface area contributed by atoms with Crippen LogP contribution in [0.15, 0.2) is 18.2 Å². The van der Waals surface area contributed by atoms with Crippen molar-refractivity contribution in [3.63, 3.8) is 0 Å². The van der Waals surface area contributed by atoms with Gasteiger partial charge in [-0.1, -0.05) is 13.0 Å². The van der Waals surface area contributed by atoms with Crippen LogP contribution < -0.4 is 0 Å². The van der Waals surface area contributed by atoms with E-state index in [2.05, 4.69) is 16.5 Å². The first-order valence-corrected chi connectivity index (χ1v) is 7.16. The fourth-order valence-electron chi connectivity index (χ4n) is 2.40. The van der Waals surface area contributed by atoms with E-state index in [9.17, 15) is 9.90 Å². The van der Waals surface area contributed by atoms with Gasteiger partial charge >= 0.3 is 5.97 Å². The number of benzene rings is 1.